The van der Waals surface area contributed by atoms with Gasteiger partial charge in [-0.05, 0) is 37.1 Å². The Morgan fingerprint density at radius 2 is 2.12 bits per heavy atom. The van der Waals surface area contributed by atoms with Gasteiger partial charge in [0.15, 0.2) is 5.16 Å². The summed E-state index contributed by atoms with van der Waals surface area (Å²) >= 11 is 7.91. The van der Waals surface area contributed by atoms with Gasteiger partial charge in [0.25, 0.3) is 0 Å². The molecule has 0 fully saturated rings. The number of hydrogen-bond donors (Lipinski definition) is 0. The lowest BCUT2D eigenvalue weighted by Crippen LogP contribution is -2.05. The van der Waals surface area contributed by atoms with Crippen molar-refractivity contribution < 1.29 is 4.74 Å². The average Bonchev–Trinajstić information content (AvgIpc) is 3.23. The molecule has 2 aromatic heterocycles. The third kappa shape index (κ3) is 5.00. The van der Waals surface area contributed by atoms with E-state index in [9.17, 15) is 0 Å². The van der Waals surface area contributed by atoms with Crippen LogP contribution < -0.4 is 0 Å². The second-order valence-electron chi connectivity index (χ2n) is 5.85. The van der Waals surface area contributed by atoms with Crippen molar-refractivity contribution in [2.45, 2.75) is 37.5 Å². The van der Waals surface area contributed by atoms with Crippen LogP contribution >= 0.6 is 23.4 Å². The molecule has 0 saturated heterocycles. The van der Waals surface area contributed by atoms with E-state index in [0.29, 0.717) is 6.61 Å². The maximum Gasteiger partial charge on any atom is 0.169 e. The Kier molecular flexibility index (Phi) is 6.78. The van der Waals surface area contributed by atoms with Gasteiger partial charge in [-0.25, -0.2) is 4.98 Å². The molecule has 7 heteroatoms. The van der Waals surface area contributed by atoms with E-state index in [1.54, 1.807) is 7.11 Å². The molecule has 0 aliphatic rings. The molecule has 3 aromatic rings. The average molecular weight is 379 g/mol. The summed E-state index contributed by atoms with van der Waals surface area (Å²) < 4.78 is 9.46. The minimum Gasteiger partial charge on any atom is -0.383 e. The molecule has 0 amide bonds. The van der Waals surface area contributed by atoms with Gasteiger partial charge in [-0.15, -0.1) is 0 Å². The first-order valence-corrected chi connectivity index (χ1v) is 9.89. The van der Waals surface area contributed by atoms with Crippen LogP contribution in [0, 0.1) is 0 Å². The number of thioether (sulfide) groups is 1. The van der Waals surface area contributed by atoms with Gasteiger partial charge >= 0.3 is 0 Å². The van der Waals surface area contributed by atoms with Crippen LogP contribution in [-0.2, 0) is 17.8 Å². The van der Waals surface area contributed by atoms with Crippen molar-refractivity contribution in [2.24, 2.45) is 0 Å². The molecule has 0 bridgehead atoms. The fourth-order valence-electron chi connectivity index (χ4n) is 2.74. The molecule has 0 atom stereocenters. The highest BCUT2D eigenvalue weighted by atomic mass is 35.5. The van der Waals surface area contributed by atoms with Crippen LogP contribution in [0.25, 0.3) is 11.0 Å². The third-order valence-corrected chi connectivity index (χ3v) is 5.31. The third-order valence-electron chi connectivity index (χ3n) is 4.02. The van der Waals surface area contributed by atoms with Gasteiger partial charge in [-0.1, -0.05) is 29.8 Å². The topological polar surface area (TPSA) is 44.9 Å². The maximum atomic E-state index is 6.10. The molecule has 0 saturated carbocycles. The standard InChI is InChI=1S/C18H23ClN4OS/c1-24-12-11-23-17-7-6-15(19)14-16(17)21-18(23)25-13-4-2-3-9-22-10-5-8-20-22/h5-8,10,14H,2-4,9,11-13H2,1H3. The van der Waals surface area contributed by atoms with Crippen LogP contribution in [0.2, 0.25) is 5.02 Å². The van der Waals surface area contributed by atoms with Gasteiger partial charge in [-0.3, -0.25) is 4.68 Å². The lowest BCUT2D eigenvalue weighted by molar-refractivity contribution is 0.186. The van der Waals surface area contributed by atoms with Crippen molar-refractivity contribution in [3.8, 4) is 0 Å². The number of aryl methyl sites for hydroxylation is 1. The number of halogens is 1. The van der Waals surface area contributed by atoms with Crippen molar-refractivity contribution in [1.82, 2.24) is 19.3 Å². The second kappa shape index (κ2) is 9.27. The van der Waals surface area contributed by atoms with E-state index in [1.165, 1.54) is 12.8 Å². The molecule has 0 radical (unpaired) electrons. The van der Waals surface area contributed by atoms with Gasteiger partial charge < -0.3 is 9.30 Å². The highest BCUT2D eigenvalue weighted by molar-refractivity contribution is 7.99. The molecular weight excluding hydrogens is 356 g/mol. The highest BCUT2D eigenvalue weighted by Gasteiger charge is 2.11. The van der Waals surface area contributed by atoms with Crippen molar-refractivity contribution >= 4 is 34.4 Å². The van der Waals surface area contributed by atoms with Crippen molar-refractivity contribution in [1.29, 1.82) is 0 Å². The quantitative estimate of drug-likeness (QED) is 0.385. The number of rotatable bonds is 10. The van der Waals surface area contributed by atoms with Gasteiger partial charge in [0.1, 0.15) is 0 Å². The molecular formula is C18H23ClN4OS. The number of hydrogen-bond acceptors (Lipinski definition) is 4. The first-order valence-electron chi connectivity index (χ1n) is 8.53. The lowest BCUT2D eigenvalue weighted by Gasteiger charge is -2.08. The Balaban J connectivity index is 1.54. The van der Waals surface area contributed by atoms with Crippen LogP contribution in [0.1, 0.15) is 19.3 Å². The van der Waals surface area contributed by atoms with E-state index in [-0.39, 0.29) is 0 Å². The summed E-state index contributed by atoms with van der Waals surface area (Å²) in [4.78, 5) is 4.76. The summed E-state index contributed by atoms with van der Waals surface area (Å²) in [6.07, 6.45) is 7.35. The summed E-state index contributed by atoms with van der Waals surface area (Å²) in [7, 11) is 1.72. The molecule has 2 heterocycles. The van der Waals surface area contributed by atoms with Crippen molar-refractivity contribution in [2.75, 3.05) is 19.5 Å². The maximum absolute atomic E-state index is 6.10. The van der Waals surface area contributed by atoms with Crippen LogP contribution in [0.4, 0.5) is 0 Å². The molecule has 0 unspecified atom stereocenters. The fraction of sp³-hybridized carbons (Fsp3) is 0.444. The summed E-state index contributed by atoms with van der Waals surface area (Å²) in [5, 5.41) is 5.99. The number of ether oxygens (including phenoxy) is 1. The summed E-state index contributed by atoms with van der Waals surface area (Å²) in [6.45, 7) is 2.46. The normalized spacial score (nSPS) is 11.4. The van der Waals surface area contributed by atoms with E-state index >= 15 is 0 Å². The van der Waals surface area contributed by atoms with Gasteiger partial charge in [0.05, 0.1) is 17.6 Å². The number of aromatic nitrogens is 4. The van der Waals surface area contributed by atoms with Crippen molar-refractivity contribution in [3.05, 3.63) is 41.7 Å². The Hall–Kier alpha value is -1.50. The summed E-state index contributed by atoms with van der Waals surface area (Å²) in [5.41, 5.74) is 2.06. The minimum atomic E-state index is 0.672. The molecule has 5 nitrogen and oxygen atoms in total. The van der Waals surface area contributed by atoms with Crippen LogP contribution in [0.3, 0.4) is 0 Å². The zero-order chi connectivity index (χ0) is 17.5. The van der Waals surface area contributed by atoms with E-state index in [4.69, 9.17) is 21.3 Å². The Morgan fingerprint density at radius 3 is 2.92 bits per heavy atom. The zero-order valence-electron chi connectivity index (χ0n) is 14.4. The van der Waals surface area contributed by atoms with Crippen LogP contribution in [-0.4, -0.2) is 38.8 Å². The van der Waals surface area contributed by atoms with Gasteiger partial charge in [0.2, 0.25) is 0 Å². The molecule has 25 heavy (non-hydrogen) atoms. The zero-order valence-corrected chi connectivity index (χ0v) is 16.0. The number of methoxy groups -OCH3 is 1. The number of unbranched alkanes of at least 4 members (excludes halogenated alkanes) is 2. The van der Waals surface area contributed by atoms with Gasteiger partial charge in [0, 0.05) is 43.4 Å². The Labute approximate surface area is 157 Å². The molecule has 0 N–H and O–H groups in total. The molecule has 0 aliphatic heterocycles. The number of fused-ring (bicyclic) bond motifs is 1. The first kappa shape index (κ1) is 18.3. The van der Waals surface area contributed by atoms with Crippen LogP contribution in [0.5, 0.6) is 0 Å². The highest BCUT2D eigenvalue weighted by Crippen LogP contribution is 2.27. The van der Waals surface area contributed by atoms with E-state index in [2.05, 4.69) is 9.67 Å². The molecule has 3 rings (SSSR count). The minimum absolute atomic E-state index is 0.672. The predicted octanol–water partition coefficient (Wildman–Crippen LogP) is 4.50. The monoisotopic (exact) mass is 378 g/mol. The van der Waals surface area contributed by atoms with Crippen molar-refractivity contribution in [3.63, 3.8) is 0 Å². The molecule has 0 spiro atoms. The fourth-order valence-corrected chi connectivity index (χ4v) is 3.94. The molecule has 134 valence electrons. The van der Waals surface area contributed by atoms with E-state index in [0.717, 1.165) is 46.5 Å². The first-order chi connectivity index (χ1) is 12.3. The second-order valence-corrected chi connectivity index (χ2v) is 7.35. The number of imidazole rings is 1. The predicted molar refractivity (Wildman–Crippen MR) is 103 cm³/mol. The molecule has 0 aliphatic carbocycles. The van der Waals surface area contributed by atoms with E-state index in [1.807, 2.05) is 53.1 Å². The van der Waals surface area contributed by atoms with Gasteiger partial charge in [-0.2, -0.15) is 5.10 Å². The van der Waals surface area contributed by atoms with E-state index < -0.39 is 0 Å². The Morgan fingerprint density at radius 1 is 1.20 bits per heavy atom. The summed E-state index contributed by atoms with van der Waals surface area (Å²) in [6, 6.07) is 7.84. The number of benzene rings is 1. The smallest absolute Gasteiger partial charge is 0.169 e. The SMILES string of the molecule is COCCn1c(SCCCCCn2cccn2)nc2cc(Cl)ccc21. The number of nitrogens with zero attached hydrogens (tertiary/aromatic N) is 4. The largest absolute Gasteiger partial charge is 0.383 e. The lowest BCUT2D eigenvalue weighted by atomic mass is 10.2. The Bertz CT molecular complexity index is 788. The van der Waals surface area contributed by atoms with Crippen LogP contribution in [0.15, 0.2) is 41.8 Å². The molecule has 1 aromatic carbocycles. The summed E-state index contributed by atoms with van der Waals surface area (Å²) in [5.74, 6) is 1.06.